The summed E-state index contributed by atoms with van der Waals surface area (Å²) < 4.78 is 18.5. The number of carbonyl (C=O) groups excluding carboxylic acids is 1. The lowest BCUT2D eigenvalue weighted by molar-refractivity contribution is 0.0298. The molecular formula is C23H26FNO2. The van der Waals surface area contributed by atoms with Crippen LogP contribution in [0.2, 0.25) is 0 Å². The second kappa shape index (κ2) is 7.43. The van der Waals surface area contributed by atoms with E-state index in [1.54, 1.807) is 7.11 Å². The third-order valence-corrected chi connectivity index (χ3v) is 6.24. The second-order valence-corrected chi connectivity index (χ2v) is 7.70. The highest BCUT2D eigenvalue weighted by Gasteiger charge is 2.47. The summed E-state index contributed by atoms with van der Waals surface area (Å²) in [5, 5.41) is 0. The van der Waals surface area contributed by atoms with Crippen LogP contribution in [0.1, 0.15) is 47.2 Å². The number of benzene rings is 2. The maximum absolute atomic E-state index is 13.5. The summed E-state index contributed by atoms with van der Waals surface area (Å²) in [5.41, 5.74) is 2.70. The van der Waals surface area contributed by atoms with Gasteiger partial charge in [-0.3, -0.25) is 9.69 Å². The number of hydrogen-bond acceptors (Lipinski definition) is 3. The Kier molecular flexibility index (Phi) is 5.00. The van der Waals surface area contributed by atoms with Crippen LogP contribution in [0.4, 0.5) is 4.39 Å². The van der Waals surface area contributed by atoms with Crippen LogP contribution in [-0.2, 0) is 12.8 Å². The number of ketones is 1. The number of piperidine rings is 1. The molecule has 1 heterocycles. The largest absolute Gasteiger partial charge is 0.497 e. The first-order chi connectivity index (χ1) is 13.1. The minimum atomic E-state index is -0.375. The molecule has 1 unspecified atom stereocenters. The fourth-order valence-electron chi connectivity index (χ4n) is 4.70. The second-order valence-electron chi connectivity index (χ2n) is 7.70. The van der Waals surface area contributed by atoms with Gasteiger partial charge in [0.25, 0.3) is 0 Å². The molecule has 0 amide bonds. The molecule has 142 valence electrons. The molecule has 0 N–H and O–H groups in total. The Morgan fingerprint density at radius 3 is 2.70 bits per heavy atom. The number of hydrogen-bond donors (Lipinski definition) is 0. The van der Waals surface area contributed by atoms with E-state index in [0.717, 1.165) is 74.1 Å². The summed E-state index contributed by atoms with van der Waals surface area (Å²) in [4.78, 5) is 15.9. The first-order valence-electron chi connectivity index (χ1n) is 9.84. The summed E-state index contributed by atoms with van der Waals surface area (Å²) in [5.74, 6) is 0.877. The number of methoxy groups -OCH3 is 1. The average molecular weight is 367 g/mol. The van der Waals surface area contributed by atoms with E-state index in [9.17, 15) is 9.18 Å². The smallest absolute Gasteiger partial charge is 0.183 e. The number of ether oxygens (including phenoxy) is 1. The van der Waals surface area contributed by atoms with Crippen LogP contribution in [0.5, 0.6) is 5.75 Å². The molecule has 2 aromatic carbocycles. The Morgan fingerprint density at radius 1 is 1.11 bits per heavy atom. The Morgan fingerprint density at radius 2 is 1.93 bits per heavy atom. The number of Topliss-reactive ketones (excluding diaryl/α,β-unsaturated/α-hetero) is 1. The third-order valence-electron chi connectivity index (χ3n) is 6.24. The standard InChI is InChI=1S/C23H26FNO2/c1-27-20-8-9-21-18(16-20)10-13-23(22(21)26)12-2-3-14-25(23)15-11-17-4-6-19(24)7-5-17/h4-9,16H,2-3,10-15H2,1H3. The van der Waals surface area contributed by atoms with Gasteiger partial charge in [0.2, 0.25) is 0 Å². The van der Waals surface area contributed by atoms with Crippen LogP contribution in [0.3, 0.4) is 0 Å². The molecule has 27 heavy (non-hydrogen) atoms. The van der Waals surface area contributed by atoms with Crippen LogP contribution in [0.25, 0.3) is 0 Å². The molecule has 2 aliphatic rings. The highest BCUT2D eigenvalue weighted by Crippen LogP contribution is 2.40. The van der Waals surface area contributed by atoms with E-state index in [0.29, 0.717) is 0 Å². The first kappa shape index (κ1) is 18.2. The van der Waals surface area contributed by atoms with Crippen molar-refractivity contribution >= 4 is 5.78 Å². The summed E-state index contributed by atoms with van der Waals surface area (Å²) in [7, 11) is 1.66. The minimum absolute atomic E-state index is 0.206. The van der Waals surface area contributed by atoms with Gasteiger partial charge in [-0.05, 0) is 86.5 Å². The van der Waals surface area contributed by atoms with Crippen molar-refractivity contribution in [2.45, 2.75) is 44.1 Å². The quantitative estimate of drug-likeness (QED) is 0.801. The summed E-state index contributed by atoms with van der Waals surface area (Å²) >= 11 is 0. The van der Waals surface area contributed by atoms with E-state index in [4.69, 9.17) is 4.74 Å². The number of aryl methyl sites for hydroxylation is 1. The van der Waals surface area contributed by atoms with Gasteiger partial charge in [-0.25, -0.2) is 4.39 Å². The van der Waals surface area contributed by atoms with Crippen LogP contribution < -0.4 is 4.74 Å². The molecule has 3 nitrogen and oxygen atoms in total. The molecule has 4 rings (SSSR count). The van der Waals surface area contributed by atoms with Crippen molar-refractivity contribution < 1.29 is 13.9 Å². The van der Waals surface area contributed by atoms with Crippen molar-refractivity contribution in [2.24, 2.45) is 0 Å². The third kappa shape index (κ3) is 3.39. The Labute approximate surface area is 160 Å². The molecule has 0 saturated carbocycles. The van der Waals surface area contributed by atoms with Crippen molar-refractivity contribution in [2.75, 3.05) is 20.2 Å². The molecule has 1 aliphatic carbocycles. The summed E-state index contributed by atoms with van der Waals surface area (Å²) in [6.45, 7) is 1.79. The molecule has 1 atom stereocenters. The van der Waals surface area contributed by atoms with Crippen molar-refractivity contribution in [1.29, 1.82) is 0 Å². The number of carbonyl (C=O) groups is 1. The lowest BCUT2D eigenvalue weighted by Gasteiger charge is -2.48. The van der Waals surface area contributed by atoms with E-state index in [1.807, 2.05) is 30.3 Å². The molecule has 1 spiro atoms. The van der Waals surface area contributed by atoms with E-state index >= 15 is 0 Å². The van der Waals surface area contributed by atoms with Gasteiger partial charge in [-0.1, -0.05) is 12.1 Å². The van der Waals surface area contributed by atoms with Crippen molar-refractivity contribution in [3.63, 3.8) is 0 Å². The van der Waals surface area contributed by atoms with Crippen molar-refractivity contribution in [3.05, 3.63) is 65.0 Å². The molecular weight excluding hydrogens is 341 g/mol. The number of fused-ring (bicyclic) bond motifs is 1. The lowest BCUT2D eigenvalue weighted by atomic mass is 9.71. The van der Waals surface area contributed by atoms with Gasteiger partial charge in [0.05, 0.1) is 12.6 Å². The molecule has 0 aromatic heterocycles. The van der Waals surface area contributed by atoms with Crippen molar-refractivity contribution in [1.82, 2.24) is 4.90 Å². The fraction of sp³-hybridized carbons (Fsp3) is 0.435. The zero-order valence-corrected chi connectivity index (χ0v) is 15.8. The van der Waals surface area contributed by atoms with E-state index in [2.05, 4.69) is 4.90 Å². The summed E-state index contributed by atoms with van der Waals surface area (Å²) in [6.07, 6.45) is 5.78. The normalized spacial score (nSPS) is 22.7. The van der Waals surface area contributed by atoms with Crippen molar-refractivity contribution in [3.8, 4) is 5.75 Å². The summed E-state index contributed by atoms with van der Waals surface area (Å²) in [6, 6.07) is 12.5. The Bertz CT molecular complexity index is 833. The highest BCUT2D eigenvalue weighted by molar-refractivity contribution is 6.05. The van der Waals surface area contributed by atoms with Gasteiger partial charge in [-0.2, -0.15) is 0 Å². The average Bonchev–Trinajstić information content (AvgIpc) is 2.71. The number of halogens is 1. The Balaban J connectivity index is 1.57. The number of nitrogens with zero attached hydrogens (tertiary/aromatic N) is 1. The predicted octanol–water partition coefficient (Wildman–Crippen LogP) is 4.43. The highest BCUT2D eigenvalue weighted by atomic mass is 19.1. The van der Waals surface area contributed by atoms with Gasteiger partial charge in [0, 0.05) is 12.1 Å². The SMILES string of the molecule is COc1ccc2c(c1)CCC1(CCCCN1CCc1ccc(F)cc1)C2=O. The molecule has 0 radical (unpaired) electrons. The predicted molar refractivity (Wildman–Crippen MR) is 104 cm³/mol. The number of rotatable bonds is 4. The van der Waals surface area contributed by atoms with Gasteiger partial charge in [-0.15, -0.1) is 0 Å². The first-order valence-corrected chi connectivity index (χ1v) is 9.84. The van der Waals surface area contributed by atoms with Gasteiger partial charge in [0.1, 0.15) is 11.6 Å². The van der Waals surface area contributed by atoms with Crippen LogP contribution in [0.15, 0.2) is 42.5 Å². The zero-order valence-electron chi connectivity index (χ0n) is 15.8. The molecule has 0 bridgehead atoms. The van der Waals surface area contributed by atoms with E-state index < -0.39 is 0 Å². The maximum atomic E-state index is 13.5. The van der Waals surface area contributed by atoms with Gasteiger partial charge < -0.3 is 4.74 Å². The van der Waals surface area contributed by atoms with E-state index in [1.165, 1.54) is 12.1 Å². The van der Waals surface area contributed by atoms with Crippen LogP contribution >= 0.6 is 0 Å². The van der Waals surface area contributed by atoms with E-state index in [-0.39, 0.29) is 17.1 Å². The van der Waals surface area contributed by atoms with Crippen LogP contribution in [-0.4, -0.2) is 36.4 Å². The topological polar surface area (TPSA) is 29.5 Å². The zero-order chi connectivity index (χ0) is 18.9. The molecule has 4 heteroatoms. The lowest BCUT2D eigenvalue weighted by Crippen LogP contribution is -2.59. The molecule has 1 saturated heterocycles. The van der Waals surface area contributed by atoms with Crippen LogP contribution in [0, 0.1) is 5.82 Å². The minimum Gasteiger partial charge on any atom is -0.497 e. The number of likely N-dealkylation sites (tertiary alicyclic amines) is 1. The van der Waals surface area contributed by atoms with Gasteiger partial charge in [0.15, 0.2) is 5.78 Å². The maximum Gasteiger partial charge on any atom is 0.183 e. The molecule has 1 fully saturated rings. The Hall–Kier alpha value is -2.20. The van der Waals surface area contributed by atoms with Gasteiger partial charge >= 0.3 is 0 Å². The molecule has 1 aliphatic heterocycles. The fourth-order valence-corrected chi connectivity index (χ4v) is 4.70. The molecule has 2 aromatic rings. The monoisotopic (exact) mass is 367 g/mol.